The minimum absolute atomic E-state index is 0.0951. The molecular formula is C19H28O8PS+. The van der Waals surface area contributed by atoms with Crippen LogP contribution in [0.25, 0.3) is 0 Å². The number of rotatable bonds is 12. The van der Waals surface area contributed by atoms with E-state index in [1.54, 1.807) is 39.0 Å². The predicted octanol–water partition coefficient (Wildman–Crippen LogP) is 2.88. The average molecular weight is 447 g/mol. The molecule has 0 fully saturated rings. The van der Waals surface area contributed by atoms with Crippen molar-refractivity contribution >= 4 is 33.1 Å². The van der Waals surface area contributed by atoms with Crippen molar-refractivity contribution in [1.29, 1.82) is 0 Å². The van der Waals surface area contributed by atoms with Crippen molar-refractivity contribution in [1.82, 2.24) is 0 Å². The second-order valence-corrected chi connectivity index (χ2v) is 8.59. The Morgan fingerprint density at radius 3 is 2.55 bits per heavy atom. The summed E-state index contributed by atoms with van der Waals surface area (Å²) in [7, 11) is -2.60. The van der Waals surface area contributed by atoms with Crippen molar-refractivity contribution in [3.63, 3.8) is 0 Å². The fourth-order valence-electron chi connectivity index (χ4n) is 2.14. The van der Waals surface area contributed by atoms with Crippen LogP contribution in [-0.2, 0) is 40.3 Å². The number of thiol groups is 1. The number of aliphatic hydroxyl groups excluding tert-OH is 2. The van der Waals surface area contributed by atoms with Crippen LogP contribution in [0.2, 0.25) is 0 Å². The topological polar surface area (TPSA) is 119 Å². The number of carbonyl (C=O) groups is 2. The summed E-state index contributed by atoms with van der Waals surface area (Å²) >= 11 is 4.28. The van der Waals surface area contributed by atoms with Gasteiger partial charge in [-0.3, -0.25) is 4.79 Å². The van der Waals surface area contributed by atoms with Crippen LogP contribution in [0, 0.1) is 5.41 Å². The number of hydrogen-bond acceptors (Lipinski definition) is 9. The van der Waals surface area contributed by atoms with Crippen LogP contribution in [0.1, 0.15) is 50.0 Å². The van der Waals surface area contributed by atoms with Gasteiger partial charge in [0.1, 0.15) is 31.7 Å². The standard InChI is InChI=1S/C19H27O8PS/c1-19(2,3)18(23)25-10-14-5-4-13(8-15(14)12-29)17(22)11-26-28(24)27-16(9-21)6-7-20/h4-5,7-8,16-17,21-22H,6,9-12H2,1-3H3/p+1. The molecule has 1 aromatic carbocycles. The molecule has 0 saturated carbocycles. The molecule has 1 rings (SSSR count). The van der Waals surface area contributed by atoms with Gasteiger partial charge in [-0.1, -0.05) is 18.2 Å². The zero-order chi connectivity index (χ0) is 22.0. The van der Waals surface area contributed by atoms with Gasteiger partial charge < -0.3 is 19.7 Å². The maximum absolute atomic E-state index is 11.9. The maximum atomic E-state index is 11.9. The molecule has 3 unspecified atom stereocenters. The third-order valence-corrected chi connectivity index (χ3v) is 5.06. The minimum atomic E-state index is -2.60. The van der Waals surface area contributed by atoms with Gasteiger partial charge in [0.2, 0.25) is 0 Å². The Labute approximate surface area is 176 Å². The number of aldehydes is 1. The van der Waals surface area contributed by atoms with Crippen molar-refractivity contribution in [3.05, 3.63) is 34.9 Å². The molecule has 0 aromatic heterocycles. The largest absolute Gasteiger partial charge is 0.697 e. The average Bonchev–Trinajstić information content (AvgIpc) is 2.68. The lowest BCUT2D eigenvalue weighted by atomic mass is 9.97. The Bertz CT molecular complexity index is 704. The lowest BCUT2D eigenvalue weighted by Gasteiger charge is -2.18. The van der Waals surface area contributed by atoms with E-state index in [2.05, 4.69) is 12.6 Å². The van der Waals surface area contributed by atoms with Crippen LogP contribution < -0.4 is 0 Å². The van der Waals surface area contributed by atoms with E-state index in [0.29, 0.717) is 17.6 Å². The van der Waals surface area contributed by atoms with Gasteiger partial charge in [-0.2, -0.15) is 12.6 Å². The molecule has 10 heteroatoms. The quantitative estimate of drug-likeness (QED) is 0.194. The Morgan fingerprint density at radius 2 is 2.00 bits per heavy atom. The molecule has 162 valence electrons. The summed E-state index contributed by atoms with van der Waals surface area (Å²) in [5.74, 6) is 0.0464. The van der Waals surface area contributed by atoms with Crippen molar-refractivity contribution in [2.24, 2.45) is 5.41 Å². The summed E-state index contributed by atoms with van der Waals surface area (Å²) < 4.78 is 26.9. The van der Waals surface area contributed by atoms with E-state index < -0.39 is 32.5 Å². The van der Waals surface area contributed by atoms with E-state index in [-0.39, 0.29) is 25.6 Å². The summed E-state index contributed by atoms with van der Waals surface area (Å²) in [5, 5.41) is 19.3. The Kier molecular flexibility index (Phi) is 11.0. The third kappa shape index (κ3) is 8.90. The number of esters is 1. The van der Waals surface area contributed by atoms with Gasteiger partial charge in [0.25, 0.3) is 0 Å². The Morgan fingerprint density at radius 1 is 1.31 bits per heavy atom. The monoisotopic (exact) mass is 447 g/mol. The fourth-order valence-corrected chi connectivity index (χ4v) is 3.15. The lowest BCUT2D eigenvalue weighted by Crippen LogP contribution is -2.23. The molecule has 0 amide bonds. The molecule has 2 N–H and O–H groups in total. The van der Waals surface area contributed by atoms with Gasteiger partial charge in [-0.05, 0) is 37.5 Å². The fraction of sp³-hybridized carbons (Fsp3) is 0.579. The number of ether oxygens (including phenoxy) is 1. The molecule has 0 saturated heterocycles. The molecule has 0 spiro atoms. The summed E-state index contributed by atoms with van der Waals surface area (Å²) in [6.45, 7) is 4.62. The number of benzene rings is 1. The highest BCUT2D eigenvalue weighted by molar-refractivity contribution is 7.79. The Hall–Kier alpha value is -1.35. The first-order valence-corrected chi connectivity index (χ1v) is 10.7. The second kappa shape index (κ2) is 12.4. The van der Waals surface area contributed by atoms with E-state index in [1.807, 2.05) is 0 Å². The normalized spacial score (nSPS) is 14.2. The molecule has 0 radical (unpaired) electrons. The summed E-state index contributed by atoms with van der Waals surface area (Å²) in [6.07, 6.45) is -1.58. The van der Waals surface area contributed by atoms with Crippen molar-refractivity contribution in [2.45, 2.75) is 51.8 Å². The van der Waals surface area contributed by atoms with Crippen LogP contribution in [0.5, 0.6) is 0 Å². The van der Waals surface area contributed by atoms with Gasteiger partial charge in [-0.25, -0.2) is 0 Å². The molecule has 0 aliphatic heterocycles. The number of carbonyl (C=O) groups excluding carboxylic acids is 2. The maximum Gasteiger partial charge on any atom is 0.697 e. The van der Waals surface area contributed by atoms with Gasteiger partial charge in [0, 0.05) is 16.7 Å². The minimum Gasteiger partial charge on any atom is -0.460 e. The summed E-state index contributed by atoms with van der Waals surface area (Å²) in [5.41, 5.74) is 1.45. The molecule has 1 aromatic rings. The molecule has 29 heavy (non-hydrogen) atoms. The highest BCUT2D eigenvalue weighted by Gasteiger charge is 2.28. The smallest absolute Gasteiger partial charge is 0.460 e. The number of aliphatic hydroxyl groups is 2. The number of hydrogen-bond donors (Lipinski definition) is 3. The lowest BCUT2D eigenvalue weighted by molar-refractivity contribution is -0.154. The Balaban J connectivity index is 2.68. The van der Waals surface area contributed by atoms with Crippen LogP contribution in [-0.4, -0.2) is 41.8 Å². The van der Waals surface area contributed by atoms with Gasteiger partial charge in [0.15, 0.2) is 0 Å². The molecule has 0 aliphatic carbocycles. The summed E-state index contributed by atoms with van der Waals surface area (Å²) in [4.78, 5) is 22.4. The predicted molar refractivity (Wildman–Crippen MR) is 110 cm³/mol. The third-order valence-electron chi connectivity index (χ3n) is 3.89. The first kappa shape index (κ1) is 25.7. The van der Waals surface area contributed by atoms with E-state index >= 15 is 0 Å². The van der Waals surface area contributed by atoms with Gasteiger partial charge >= 0.3 is 14.2 Å². The van der Waals surface area contributed by atoms with E-state index in [0.717, 1.165) is 11.1 Å². The molecule has 8 nitrogen and oxygen atoms in total. The van der Waals surface area contributed by atoms with Crippen molar-refractivity contribution < 1.29 is 38.2 Å². The molecule has 0 aliphatic rings. The van der Waals surface area contributed by atoms with E-state index in [4.69, 9.17) is 18.9 Å². The van der Waals surface area contributed by atoms with Crippen LogP contribution >= 0.6 is 20.9 Å². The van der Waals surface area contributed by atoms with Crippen LogP contribution in [0.15, 0.2) is 18.2 Å². The highest BCUT2D eigenvalue weighted by Crippen LogP contribution is 2.30. The zero-order valence-electron chi connectivity index (χ0n) is 16.7. The first-order valence-electron chi connectivity index (χ1n) is 9.01. The van der Waals surface area contributed by atoms with Crippen molar-refractivity contribution in [2.75, 3.05) is 13.2 Å². The molecule has 3 atom stereocenters. The van der Waals surface area contributed by atoms with Crippen LogP contribution in [0.3, 0.4) is 0 Å². The van der Waals surface area contributed by atoms with E-state index in [1.165, 1.54) is 0 Å². The van der Waals surface area contributed by atoms with Crippen LogP contribution in [0.4, 0.5) is 0 Å². The molecular weight excluding hydrogens is 419 g/mol. The second-order valence-electron chi connectivity index (χ2n) is 7.36. The van der Waals surface area contributed by atoms with Gasteiger partial charge in [0.05, 0.1) is 12.0 Å². The van der Waals surface area contributed by atoms with Gasteiger partial charge in [-0.15, -0.1) is 9.05 Å². The first-order chi connectivity index (χ1) is 13.6. The SMILES string of the molecule is CC(C)(C)C(=O)OCc1ccc(C(O)CO[P+](=O)OC(CO)CC=O)cc1CS. The molecule has 0 heterocycles. The zero-order valence-corrected chi connectivity index (χ0v) is 18.5. The van der Waals surface area contributed by atoms with E-state index in [9.17, 15) is 19.3 Å². The van der Waals surface area contributed by atoms with Crippen molar-refractivity contribution in [3.8, 4) is 0 Å². The molecule has 0 bridgehead atoms. The highest BCUT2D eigenvalue weighted by atomic mass is 32.1. The summed E-state index contributed by atoms with van der Waals surface area (Å²) in [6, 6.07) is 5.08.